The quantitative estimate of drug-likeness (QED) is 0.598. The van der Waals surface area contributed by atoms with Gasteiger partial charge in [-0.1, -0.05) is 48.0 Å². The summed E-state index contributed by atoms with van der Waals surface area (Å²) in [5.41, 5.74) is 3.03. The molecular weight excluding hydrogens is 360 g/mol. The zero-order chi connectivity index (χ0) is 17.3. The number of nitrogens with one attached hydrogen (secondary N) is 2. The van der Waals surface area contributed by atoms with Gasteiger partial charge in [-0.2, -0.15) is 0 Å². The van der Waals surface area contributed by atoms with Gasteiger partial charge in [0.15, 0.2) is 5.11 Å². The van der Waals surface area contributed by atoms with E-state index in [1.165, 1.54) is 11.3 Å². The molecule has 0 spiro atoms. The summed E-state index contributed by atoms with van der Waals surface area (Å²) in [6, 6.07) is 13.6. The number of benzene rings is 2. The standard InChI is InChI=1S/C18H15ClN2OS2/c1-10-6-5-7-11(2)15(10)20-18(23)21-17(22)16-14(19)12-8-3-4-9-13(12)24-16/h3-9H,1-2H3,(H2,20,21,22,23). The first-order chi connectivity index (χ1) is 11.5. The molecule has 0 bridgehead atoms. The van der Waals surface area contributed by atoms with Crippen LogP contribution in [0.2, 0.25) is 5.02 Å². The molecule has 0 aliphatic heterocycles. The molecule has 0 radical (unpaired) electrons. The lowest BCUT2D eigenvalue weighted by Crippen LogP contribution is -2.34. The Bertz CT molecular complexity index is 929. The van der Waals surface area contributed by atoms with Gasteiger partial charge in [-0.3, -0.25) is 10.1 Å². The predicted octanol–water partition coefficient (Wildman–Crippen LogP) is 5.30. The van der Waals surface area contributed by atoms with E-state index < -0.39 is 0 Å². The highest BCUT2D eigenvalue weighted by atomic mass is 35.5. The molecule has 3 rings (SSSR count). The van der Waals surface area contributed by atoms with Crippen molar-refractivity contribution < 1.29 is 4.79 Å². The average Bonchev–Trinajstić information content (AvgIpc) is 2.89. The summed E-state index contributed by atoms with van der Waals surface area (Å²) in [7, 11) is 0. The normalized spacial score (nSPS) is 10.6. The number of thiocarbonyl (C=S) groups is 1. The minimum Gasteiger partial charge on any atom is -0.332 e. The van der Waals surface area contributed by atoms with Crippen molar-refractivity contribution >= 4 is 61.9 Å². The van der Waals surface area contributed by atoms with E-state index in [1.807, 2.05) is 56.3 Å². The van der Waals surface area contributed by atoms with E-state index in [2.05, 4.69) is 10.6 Å². The van der Waals surface area contributed by atoms with Crippen molar-refractivity contribution in [2.24, 2.45) is 0 Å². The van der Waals surface area contributed by atoms with Gasteiger partial charge in [0, 0.05) is 15.8 Å². The van der Waals surface area contributed by atoms with Crippen LogP contribution in [0, 0.1) is 13.8 Å². The highest BCUT2D eigenvalue weighted by Crippen LogP contribution is 2.35. The number of aryl methyl sites for hydroxylation is 2. The average molecular weight is 375 g/mol. The van der Waals surface area contributed by atoms with Crippen LogP contribution < -0.4 is 10.6 Å². The Hall–Kier alpha value is -1.95. The van der Waals surface area contributed by atoms with E-state index in [4.69, 9.17) is 23.8 Å². The van der Waals surface area contributed by atoms with Crippen LogP contribution in [0.5, 0.6) is 0 Å². The molecule has 0 saturated heterocycles. The van der Waals surface area contributed by atoms with Crippen LogP contribution in [0.3, 0.4) is 0 Å². The fourth-order valence-corrected chi connectivity index (χ4v) is 4.08. The molecule has 24 heavy (non-hydrogen) atoms. The minimum atomic E-state index is -0.301. The van der Waals surface area contributed by atoms with Gasteiger partial charge in [-0.25, -0.2) is 0 Å². The summed E-state index contributed by atoms with van der Waals surface area (Å²) >= 11 is 13.0. The summed E-state index contributed by atoms with van der Waals surface area (Å²) in [5, 5.41) is 7.40. The molecule has 3 nitrogen and oxygen atoms in total. The van der Waals surface area contributed by atoms with Gasteiger partial charge in [0.05, 0.1) is 5.02 Å². The van der Waals surface area contributed by atoms with E-state index in [9.17, 15) is 4.79 Å². The smallest absolute Gasteiger partial charge is 0.269 e. The Morgan fingerprint density at radius 3 is 2.42 bits per heavy atom. The molecule has 122 valence electrons. The number of carbonyl (C=O) groups excluding carboxylic acids is 1. The third kappa shape index (κ3) is 3.29. The number of thiophene rings is 1. The third-order valence-electron chi connectivity index (χ3n) is 3.69. The van der Waals surface area contributed by atoms with Crippen molar-refractivity contribution in [1.82, 2.24) is 5.32 Å². The molecule has 3 aromatic rings. The van der Waals surface area contributed by atoms with Gasteiger partial charge in [0.2, 0.25) is 0 Å². The number of hydrogen-bond acceptors (Lipinski definition) is 3. The summed E-state index contributed by atoms with van der Waals surface area (Å²) in [6.45, 7) is 3.98. The molecule has 1 amide bonds. The molecule has 1 heterocycles. The number of halogens is 1. The number of para-hydroxylation sites is 1. The Balaban J connectivity index is 1.79. The second-order valence-electron chi connectivity index (χ2n) is 5.42. The fraction of sp³-hybridized carbons (Fsp3) is 0.111. The van der Waals surface area contributed by atoms with Crippen molar-refractivity contribution in [2.45, 2.75) is 13.8 Å². The first-order valence-corrected chi connectivity index (χ1v) is 8.93. The highest BCUT2D eigenvalue weighted by Gasteiger charge is 2.18. The molecule has 0 saturated carbocycles. The van der Waals surface area contributed by atoms with Crippen LogP contribution in [0.4, 0.5) is 5.69 Å². The number of fused-ring (bicyclic) bond motifs is 1. The van der Waals surface area contributed by atoms with E-state index in [-0.39, 0.29) is 11.0 Å². The van der Waals surface area contributed by atoms with E-state index in [1.54, 1.807) is 0 Å². The lowest BCUT2D eigenvalue weighted by Gasteiger charge is -2.13. The summed E-state index contributed by atoms with van der Waals surface area (Å²) in [6.07, 6.45) is 0. The molecule has 1 aromatic heterocycles. The van der Waals surface area contributed by atoms with Crippen molar-refractivity contribution in [3.63, 3.8) is 0 Å². The van der Waals surface area contributed by atoms with E-state index in [0.717, 1.165) is 26.9 Å². The second-order valence-corrected chi connectivity index (χ2v) is 7.25. The maximum absolute atomic E-state index is 12.5. The Kier molecular flexibility index (Phi) is 4.85. The molecule has 0 fully saturated rings. The molecule has 6 heteroatoms. The third-order valence-corrected chi connectivity index (χ3v) is 5.57. The van der Waals surface area contributed by atoms with E-state index in [0.29, 0.717) is 9.90 Å². The number of hydrogen-bond donors (Lipinski definition) is 2. The van der Waals surface area contributed by atoms with Crippen molar-refractivity contribution in [3.8, 4) is 0 Å². The summed E-state index contributed by atoms with van der Waals surface area (Å²) in [5.74, 6) is -0.301. The second kappa shape index (κ2) is 6.89. The van der Waals surface area contributed by atoms with Crippen LogP contribution in [0.15, 0.2) is 42.5 Å². The lowest BCUT2D eigenvalue weighted by molar-refractivity contribution is 0.0982. The van der Waals surface area contributed by atoms with Crippen molar-refractivity contribution in [3.05, 3.63) is 63.5 Å². The zero-order valence-electron chi connectivity index (χ0n) is 13.1. The topological polar surface area (TPSA) is 41.1 Å². The van der Waals surface area contributed by atoms with Gasteiger partial charge in [-0.15, -0.1) is 11.3 Å². The van der Waals surface area contributed by atoms with Gasteiger partial charge in [0.1, 0.15) is 4.88 Å². The summed E-state index contributed by atoms with van der Waals surface area (Å²) < 4.78 is 0.973. The molecule has 2 N–H and O–H groups in total. The number of rotatable bonds is 2. The fourth-order valence-electron chi connectivity index (χ4n) is 2.48. The first-order valence-electron chi connectivity index (χ1n) is 7.33. The Labute approximate surface area is 154 Å². The molecular formula is C18H15ClN2OS2. The van der Waals surface area contributed by atoms with Gasteiger partial charge in [0.25, 0.3) is 5.91 Å². The van der Waals surface area contributed by atoms with Crippen molar-refractivity contribution in [1.29, 1.82) is 0 Å². The van der Waals surface area contributed by atoms with Gasteiger partial charge >= 0.3 is 0 Å². The van der Waals surface area contributed by atoms with Crippen LogP contribution in [-0.4, -0.2) is 11.0 Å². The van der Waals surface area contributed by atoms with E-state index >= 15 is 0 Å². The van der Waals surface area contributed by atoms with Gasteiger partial charge < -0.3 is 5.32 Å². The van der Waals surface area contributed by atoms with Gasteiger partial charge in [-0.05, 0) is 43.3 Å². The predicted molar refractivity (Wildman–Crippen MR) is 106 cm³/mol. The largest absolute Gasteiger partial charge is 0.332 e. The summed E-state index contributed by atoms with van der Waals surface area (Å²) in [4.78, 5) is 13.0. The zero-order valence-corrected chi connectivity index (χ0v) is 15.5. The van der Waals surface area contributed by atoms with Crippen LogP contribution in [0.1, 0.15) is 20.8 Å². The molecule has 0 aliphatic rings. The first kappa shape index (κ1) is 16.9. The highest BCUT2D eigenvalue weighted by molar-refractivity contribution is 7.80. The SMILES string of the molecule is Cc1cccc(C)c1NC(=S)NC(=O)c1sc2ccccc2c1Cl. The van der Waals surface area contributed by atoms with Crippen LogP contribution >= 0.6 is 35.2 Å². The molecule has 2 aromatic carbocycles. The number of carbonyl (C=O) groups is 1. The number of anilines is 1. The maximum Gasteiger partial charge on any atom is 0.269 e. The molecule has 0 atom stereocenters. The number of amides is 1. The van der Waals surface area contributed by atoms with Crippen LogP contribution in [-0.2, 0) is 0 Å². The minimum absolute atomic E-state index is 0.255. The molecule has 0 aliphatic carbocycles. The lowest BCUT2D eigenvalue weighted by atomic mass is 10.1. The Morgan fingerprint density at radius 1 is 1.08 bits per heavy atom. The molecule has 0 unspecified atom stereocenters. The van der Waals surface area contributed by atoms with Crippen LogP contribution in [0.25, 0.3) is 10.1 Å². The monoisotopic (exact) mass is 374 g/mol. The van der Waals surface area contributed by atoms with Crippen molar-refractivity contribution in [2.75, 3.05) is 5.32 Å². The maximum atomic E-state index is 12.5. The Morgan fingerprint density at radius 2 is 1.75 bits per heavy atom.